The van der Waals surface area contributed by atoms with Crippen LogP contribution < -0.4 is 5.32 Å². The number of anilines is 1. The summed E-state index contributed by atoms with van der Waals surface area (Å²) in [5.74, 6) is -0.466. The molecule has 0 radical (unpaired) electrons. The molecule has 1 aliphatic heterocycles. The molecular formula is C15H12BrN3O2. The molecule has 21 heavy (non-hydrogen) atoms. The second-order valence-corrected chi connectivity index (χ2v) is 5.52. The number of carbonyl (C=O) groups excluding carboxylic acids is 2. The topological polar surface area (TPSA) is 62.3 Å². The van der Waals surface area contributed by atoms with Gasteiger partial charge in [-0.1, -0.05) is 24.3 Å². The number of fused-ring (bicyclic) bond motifs is 1. The monoisotopic (exact) mass is 345 g/mol. The Balaban J connectivity index is 1.92. The first kappa shape index (κ1) is 13.8. The Kier molecular flexibility index (Phi) is 3.70. The van der Waals surface area contributed by atoms with Crippen molar-refractivity contribution in [2.24, 2.45) is 0 Å². The summed E-state index contributed by atoms with van der Waals surface area (Å²) >= 11 is 3.25. The van der Waals surface area contributed by atoms with Gasteiger partial charge in [-0.05, 0) is 39.7 Å². The number of halogens is 1. The van der Waals surface area contributed by atoms with E-state index in [-0.39, 0.29) is 18.4 Å². The van der Waals surface area contributed by atoms with Crippen molar-refractivity contribution in [2.45, 2.75) is 6.54 Å². The van der Waals surface area contributed by atoms with Gasteiger partial charge in [0.25, 0.3) is 5.91 Å². The molecule has 1 N–H and O–H groups in total. The van der Waals surface area contributed by atoms with Crippen LogP contribution in [0.2, 0.25) is 0 Å². The summed E-state index contributed by atoms with van der Waals surface area (Å²) in [4.78, 5) is 30.1. The van der Waals surface area contributed by atoms with Crippen molar-refractivity contribution >= 4 is 33.4 Å². The Morgan fingerprint density at radius 1 is 1.14 bits per heavy atom. The number of amides is 2. The van der Waals surface area contributed by atoms with E-state index >= 15 is 0 Å². The number of pyridine rings is 1. The van der Waals surface area contributed by atoms with Crippen molar-refractivity contribution in [1.82, 2.24) is 9.88 Å². The molecule has 0 unspecified atom stereocenters. The number of benzene rings is 1. The Morgan fingerprint density at radius 3 is 2.76 bits per heavy atom. The zero-order valence-corrected chi connectivity index (χ0v) is 12.6. The minimum atomic E-state index is -0.261. The number of rotatable bonds is 1. The fourth-order valence-corrected chi connectivity index (χ4v) is 2.58. The number of aromatic nitrogens is 1. The highest BCUT2D eigenvalue weighted by atomic mass is 79.9. The number of carbonyl (C=O) groups is 2. The van der Waals surface area contributed by atoms with Gasteiger partial charge in [-0.3, -0.25) is 9.59 Å². The third-order valence-electron chi connectivity index (χ3n) is 3.21. The molecule has 3 rings (SSSR count). The summed E-state index contributed by atoms with van der Waals surface area (Å²) in [6.07, 6.45) is 0. The summed E-state index contributed by atoms with van der Waals surface area (Å²) in [7, 11) is 0. The van der Waals surface area contributed by atoms with Crippen LogP contribution in [0.15, 0.2) is 47.1 Å². The van der Waals surface area contributed by atoms with Gasteiger partial charge in [-0.15, -0.1) is 0 Å². The molecule has 0 saturated heterocycles. The first-order valence-corrected chi connectivity index (χ1v) is 7.22. The highest BCUT2D eigenvalue weighted by Crippen LogP contribution is 2.21. The number of para-hydroxylation sites is 1. The lowest BCUT2D eigenvalue weighted by Gasteiger charge is -2.19. The molecular weight excluding hydrogens is 334 g/mol. The zero-order valence-electron chi connectivity index (χ0n) is 11.0. The lowest BCUT2D eigenvalue weighted by Crippen LogP contribution is -2.35. The summed E-state index contributed by atoms with van der Waals surface area (Å²) in [5.41, 5.74) is 1.98. The second-order valence-electron chi connectivity index (χ2n) is 4.71. The third kappa shape index (κ3) is 2.95. The van der Waals surface area contributed by atoms with Crippen LogP contribution in [0.1, 0.15) is 16.1 Å². The Morgan fingerprint density at radius 2 is 1.95 bits per heavy atom. The van der Waals surface area contributed by atoms with Gasteiger partial charge in [0.15, 0.2) is 0 Å². The normalized spacial score (nSPS) is 14.1. The maximum atomic E-state index is 12.5. The molecule has 1 aromatic heterocycles. The molecule has 2 aromatic rings. The van der Waals surface area contributed by atoms with Gasteiger partial charge in [-0.25, -0.2) is 4.98 Å². The minimum Gasteiger partial charge on any atom is -0.324 e. The van der Waals surface area contributed by atoms with E-state index in [9.17, 15) is 9.59 Å². The molecule has 0 bridgehead atoms. The molecule has 0 spiro atoms. The van der Waals surface area contributed by atoms with E-state index in [1.807, 2.05) is 24.3 Å². The molecule has 1 aromatic carbocycles. The number of nitrogens with zero attached hydrogens (tertiary/aromatic N) is 2. The van der Waals surface area contributed by atoms with Crippen molar-refractivity contribution in [3.63, 3.8) is 0 Å². The number of hydrogen-bond donors (Lipinski definition) is 1. The summed E-state index contributed by atoms with van der Waals surface area (Å²) in [6.45, 7) is 0.393. The lowest BCUT2D eigenvalue weighted by molar-refractivity contribution is -0.116. The third-order valence-corrected chi connectivity index (χ3v) is 3.65. The van der Waals surface area contributed by atoms with E-state index in [0.717, 1.165) is 11.3 Å². The van der Waals surface area contributed by atoms with Crippen LogP contribution in [0.4, 0.5) is 5.69 Å². The molecule has 0 atom stereocenters. The Labute approximate surface area is 130 Å². The summed E-state index contributed by atoms with van der Waals surface area (Å²) < 4.78 is 0.591. The van der Waals surface area contributed by atoms with Gasteiger partial charge in [0, 0.05) is 12.2 Å². The molecule has 2 heterocycles. The van der Waals surface area contributed by atoms with Gasteiger partial charge in [0.05, 0.1) is 0 Å². The van der Waals surface area contributed by atoms with Crippen LogP contribution >= 0.6 is 15.9 Å². The molecule has 106 valence electrons. The zero-order chi connectivity index (χ0) is 14.8. The van der Waals surface area contributed by atoms with Crippen molar-refractivity contribution in [1.29, 1.82) is 0 Å². The predicted octanol–water partition coefficient (Wildman–Crippen LogP) is 2.44. The smallest absolute Gasteiger partial charge is 0.273 e. The number of hydrogen-bond acceptors (Lipinski definition) is 3. The van der Waals surface area contributed by atoms with E-state index in [1.165, 1.54) is 4.90 Å². The average molecular weight is 346 g/mol. The fraction of sp³-hybridized carbons (Fsp3) is 0.133. The van der Waals surface area contributed by atoms with Crippen LogP contribution in [-0.2, 0) is 11.3 Å². The van der Waals surface area contributed by atoms with Crippen LogP contribution in [0, 0.1) is 0 Å². The van der Waals surface area contributed by atoms with Crippen LogP contribution in [0.25, 0.3) is 0 Å². The molecule has 1 aliphatic rings. The first-order chi connectivity index (χ1) is 10.1. The van der Waals surface area contributed by atoms with Crippen molar-refractivity contribution in [3.05, 3.63) is 58.3 Å². The summed E-state index contributed by atoms with van der Waals surface area (Å²) in [5, 5.41) is 2.81. The maximum Gasteiger partial charge on any atom is 0.273 e. The standard InChI is InChI=1S/C15H12BrN3O2/c16-13-7-3-6-12(17-13)15(21)19-8-10-4-1-2-5-11(10)18-14(20)9-19/h1-7H,8-9H2,(H,18,20). The Bertz CT molecular complexity index is 718. The fourth-order valence-electron chi connectivity index (χ4n) is 2.24. The van der Waals surface area contributed by atoms with Crippen LogP contribution in [0.5, 0.6) is 0 Å². The molecule has 6 heteroatoms. The first-order valence-electron chi connectivity index (χ1n) is 6.43. The van der Waals surface area contributed by atoms with Gasteiger partial charge >= 0.3 is 0 Å². The van der Waals surface area contributed by atoms with Gasteiger partial charge in [0.2, 0.25) is 5.91 Å². The van der Waals surface area contributed by atoms with Crippen LogP contribution in [-0.4, -0.2) is 28.2 Å². The average Bonchev–Trinajstić information content (AvgIpc) is 2.64. The Hall–Kier alpha value is -2.21. The molecule has 0 saturated carbocycles. The highest BCUT2D eigenvalue weighted by Gasteiger charge is 2.24. The second kappa shape index (κ2) is 5.65. The summed E-state index contributed by atoms with van der Waals surface area (Å²) in [6, 6.07) is 12.6. The van der Waals surface area contributed by atoms with E-state index in [1.54, 1.807) is 18.2 Å². The molecule has 2 amide bonds. The van der Waals surface area contributed by atoms with E-state index < -0.39 is 0 Å². The SMILES string of the molecule is O=C1CN(C(=O)c2cccc(Br)n2)Cc2ccccc2N1. The highest BCUT2D eigenvalue weighted by molar-refractivity contribution is 9.10. The van der Waals surface area contributed by atoms with Crippen molar-refractivity contribution in [2.75, 3.05) is 11.9 Å². The van der Waals surface area contributed by atoms with E-state index in [2.05, 4.69) is 26.2 Å². The molecule has 0 aliphatic carbocycles. The number of nitrogens with one attached hydrogen (secondary N) is 1. The van der Waals surface area contributed by atoms with Crippen molar-refractivity contribution < 1.29 is 9.59 Å². The predicted molar refractivity (Wildman–Crippen MR) is 81.7 cm³/mol. The lowest BCUT2D eigenvalue weighted by atomic mass is 10.1. The maximum absolute atomic E-state index is 12.5. The van der Waals surface area contributed by atoms with Crippen molar-refractivity contribution in [3.8, 4) is 0 Å². The molecule has 0 fully saturated rings. The molecule has 5 nitrogen and oxygen atoms in total. The largest absolute Gasteiger partial charge is 0.324 e. The van der Waals surface area contributed by atoms with Crippen LogP contribution in [0.3, 0.4) is 0 Å². The van der Waals surface area contributed by atoms with E-state index in [4.69, 9.17) is 0 Å². The van der Waals surface area contributed by atoms with Gasteiger partial charge in [-0.2, -0.15) is 0 Å². The van der Waals surface area contributed by atoms with E-state index in [0.29, 0.717) is 16.8 Å². The van der Waals surface area contributed by atoms with Gasteiger partial charge in [0.1, 0.15) is 16.8 Å². The minimum absolute atomic E-state index is 0.0156. The quantitative estimate of drug-likeness (QED) is 0.807. The van der Waals surface area contributed by atoms with Gasteiger partial charge < -0.3 is 10.2 Å².